The SMILES string of the molecule is N#Cc1nccc2c(Nc3cc(F)cc(F)c3)c(N)oc12. The van der Waals surface area contributed by atoms with Gasteiger partial charge in [0.05, 0.1) is 5.39 Å². The van der Waals surface area contributed by atoms with Crippen LogP contribution < -0.4 is 11.1 Å². The third-order valence-electron chi connectivity index (χ3n) is 2.87. The highest BCUT2D eigenvalue weighted by Gasteiger charge is 2.16. The Kier molecular flexibility index (Phi) is 2.92. The van der Waals surface area contributed by atoms with Gasteiger partial charge in [-0.1, -0.05) is 0 Å². The van der Waals surface area contributed by atoms with E-state index in [1.165, 1.54) is 6.20 Å². The fraction of sp³-hybridized carbons (Fsp3) is 0. The lowest BCUT2D eigenvalue weighted by molar-refractivity contribution is 0.584. The normalized spacial score (nSPS) is 10.5. The van der Waals surface area contributed by atoms with Crippen molar-refractivity contribution in [1.29, 1.82) is 5.26 Å². The zero-order valence-corrected chi connectivity index (χ0v) is 10.5. The molecular weight excluding hydrogens is 278 g/mol. The molecule has 0 aliphatic carbocycles. The third kappa shape index (κ3) is 2.23. The summed E-state index contributed by atoms with van der Waals surface area (Å²) in [4.78, 5) is 3.86. The number of nitrogens with one attached hydrogen (secondary N) is 1. The topological polar surface area (TPSA) is 87.9 Å². The van der Waals surface area contributed by atoms with Crippen LogP contribution in [0.4, 0.5) is 26.0 Å². The summed E-state index contributed by atoms with van der Waals surface area (Å²) >= 11 is 0. The lowest BCUT2D eigenvalue weighted by atomic mass is 10.2. The van der Waals surface area contributed by atoms with Gasteiger partial charge < -0.3 is 15.5 Å². The van der Waals surface area contributed by atoms with Crippen LogP contribution >= 0.6 is 0 Å². The summed E-state index contributed by atoms with van der Waals surface area (Å²) in [5.74, 6) is -1.44. The summed E-state index contributed by atoms with van der Waals surface area (Å²) in [6.07, 6.45) is 1.42. The van der Waals surface area contributed by atoms with Crippen molar-refractivity contribution in [3.05, 3.63) is 47.8 Å². The molecule has 2 heterocycles. The van der Waals surface area contributed by atoms with E-state index >= 15 is 0 Å². The molecule has 0 aliphatic heterocycles. The number of halogens is 2. The lowest BCUT2D eigenvalue weighted by Gasteiger charge is -2.05. The number of anilines is 3. The number of benzene rings is 1. The Morgan fingerprint density at radius 3 is 2.62 bits per heavy atom. The third-order valence-corrected chi connectivity index (χ3v) is 2.87. The van der Waals surface area contributed by atoms with E-state index in [-0.39, 0.29) is 22.8 Å². The molecule has 7 heteroatoms. The summed E-state index contributed by atoms with van der Waals surface area (Å²) < 4.78 is 31.7. The van der Waals surface area contributed by atoms with Gasteiger partial charge in [0.25, 0.3) is 0 Å². The van der Waals surface area contributed by atoms with E-state index in [4.69, 9.17) is 15.4 Å². The number of rotatable bonds is 2. The molecule has 21 heavy (non-hydrogen) atoms. The summed E-state index contributed by atoms with van der Waals surface area (Å²) in [6.45, 7) is 0. The van der Waals surface area contributed by atoms with Gasteiger partial charge >= 0.3 is 0 Å². The van der Waals surface area contributed by atoms with Gasteiger partial charge in [0, 0.05) is 18.0 Å². The molecule has 3 N–H and O–H groups in total. The molecule has 2 aromatic heterocycles. The average molecular weight is 286 g/mol. The van der Waals surface area contributed by atoms with Crippen molar-refractivity contribution in [2.75, 3.05) is 11.1 Å². The molecule has 0 bridgehead atoms. The molecule has 0 unspecified atom stereocenters. The highest BCUT2D eigenvalue weighted by Crippen LogP contribution is 2.36. The number of nitrogens with zero attached hydrogens (tertiary/aromatic N) is 2. The zero-order chi connectivity index (χ0) is 15.0. The smallest absolute Gasteiger partial charge is 0.215 e. The highest BCUT2D eigenvalue weighted by atomic mass is 19.1. The van der Waals surface area contributed by atoms with E-state index < -0.39 is 11.6 Å². The Bertz CT molecular complexity index is 862. The largest absolute Gasteiger partial charge is 0.436 e. The second kappa shape index (κ2) is 4.76. The van der Waals surface area contributed by atoms with Gasteiger partial charge in [-0.15, -0.1) is 0 Å². The van der Waals surface area contributed by atoms with E-state index in [0.29, 0.717) is 11.1 Å². The monoisotopic (exact) mass is 286 g/mol. The molecule has 3 aromatic rings. The average Bonchev–Trinajstić information content (AvgIpc) is 2.74. The Balaban J connectivity index is 2.13. The van der Waals surface area contributed by atoms with Crippen LogP contribution in [-0.4, -0.2) is 4.98 Å². The summed E-state index contributed by atoms with van der Waals surface area (Å²) in [5, 5.41) is 12.3. The summed E-state index contributed by atoms with van der Waals surface area (Å²) in [7, 11) is 0. The molecule has 1 aromatic carbocycles. The van der Waals surface area contributed by atoms with Crippen LogP contribution in [0.15, 0.2) is 34.9 Å². The minimum absolute atomic E-state index is 0.000769. The van der Waals surface area contributed by atoms with Crippen LogP contribution in [-0.2, 0) is 0 Å². The van der Waals surface area contributed by atoms with Crippen molar-refractivity contribution in [2.24, 2.45) is 0 Å². The first-order valence-electron chi connectivity index (χ1n) is 5.88. The van der Waals surface area contributed by atoms with Crippen LogP contribution in [0, 0.1) is 23.0 Å². The maximum atomic E-state index is 13.2. The minimum atomic E-state index is -0.719. The number of hydrogen-bond acceptors (Lipinski definition) is 5. The van der Waals surface area contributed by atoms with E-state index in [1.807, 2.05) is 6.07 Å². The Morgan fingerprint density at radius 1 is 1.24 bits per heavy atom. The Morgan fingerprint density at radius 2 is 1.95 bits per heavy atom. The van der Waals surface area contributed by atoms with Gasteiger partial charge in [0.15, 0.2) is 11.3 Å². The van der Waals surface area contributed by atoms with Gasteiger partial charge in [-0.3, -0.25) is 0 Å². The van der Waals surface area contributed by atoms with Crippen molar-refractivity contribution in [3.63, 3.8) is 0 Å². The molecule has 5 nitrogen and oxygen atoms in total. The number of nitrogens with two attached hydrogens (primary N) is 1. The van der Waals surface area contributed by atoms with Gasteiger partial charge in [-0.25, -0.2) is 13.8 Å². The van der Waals surface area contributed by atoms with Crippen molar-refractivity contribution < 1.29 is 13.2 Å². The Labute approximate surface area is 117 Å². The van der Waals surface area contributed by atoms with E-state index in [2.05, 4.69) is 10.3 Å². The zero-order valence-electron chi connectivity index (χ0n) is 10.5. The van der Waals surface area contributed by atoms with Crippen LogP contribution in [0.5, 0.6) is 0 Å². The fourth-order valence-electron chi connectivity index (χ4n) is 2.02. The number of nitrogen functional groups attached to an aromatic ring is 1. The standard InChI is InChI=1S/C14H8F2N4O/c15-7-3-8(16)5-9(4-7)20-12-10-1-2-19-11(6-17)13(10)21-14(12)18/h1-5,20H,18H2. The molecule has 0 radical (unpaired) electrons. The number of pyridine rings is 1. The van der Waals surface area contributed by atoms with Crippen molar-refractivity contribution >= 4 is 28.2 Å². The van der Waals surface area contributed by atoms with Crippen molar-refractivity contribution in [3.8, 4) is 6.07 Å². The Hall–Kier alpha value is -3.14. The summed E-state index contributed by atoms with van der Waals surface area (Å²) in [6, 6.07) is 6.48. The number of fused-ring (bicyclic) bond motifs is 1. The van der Waals surface area contributed by atoms with Crippen molar-refractivity contribution in [2.45, 2.75) is 0 Å². The number of nitriles is 1. The lowest BCUT2D eigenvalue weighted by Crippen LogP contribution is -1.95. The maximum absolute atomic E-state index is 13.2. The number of furan rings is 1. The van der Waals surface area contributed by atoms with Gasteiger partial charge in [-0.05, 0) is 18.2 Å². The van der Waals surface area contributed by atoms with E-state index in [9.17, 15) is 8.78 Å². The minimum Gasteiger partial charge on any atom is -0.436 e. The van der Waals surface area contributed by atoms with Gasteiger partial charge in [0.1, 0.15) is 23.4 Å². The first-order chi connectivity index (χ1) is 10.1. The molecule has 0 saturated carbocycles. The van der Waals surface area contributed by atoms with Gasteiger partial charge in [0.2, 0.25) is 5.88 Å². The van der Waals surface area contributed by atoms with E-state index in [1.54, 1.807) is 6.07 Å². The second-order valence-electron chi connectivity index (χ2n) is 4.27. The van der Waals surface area contributed by atoms with Gasteiger partial charge in [-0.2, -0.15) is 5.26 Å². The van der Waals surface area contributed by atoms with Crippen LogP contribution in [0.2, 0.25) is 0 Å². The molecule has 3 rings (SSSR count). The molecule has 0 aliphatic rings. The van der Waals surface area contributed by atoms with Crippen LogP contribution in [0.3, 0.4) is 0 Å². The summed E-state index contributed by atoms with van der Waals surface area (Å²) in [5.41, 5.74) is 6.55. The van der Waals surface area contributed by atoms with Crippen LogP contribution in [0.1, 0.15) is 5.69 Å². The molecule has 0 fully saturated rings. The highest BCUT2D eigenvalue weighted by molar-refractivity contribution is 5.99. The maximum Gasteiger partial charge on any atom is 0.215 e. The fourth-order valence-corrected chi connectivity index (χ4v) is 2.02. The quantitative estimate of drug-likeness (QED) is 0.754. The molecule has 104 valence electrons. The number of hydrogen-bond donors (Lipinski definition) is 2. The number of aromatic nitrogens is 1. The predicted octanol–water partition coefficient (Wildman–Crippen LogP) is 3.30. The van der Waals surface area contributed by atoms with Crippen molar-refractivity contribution in [1.82, 2.24) is 4.98 Å². The molecule has 0 atom stereocenters. The molecule has 0 saturated heterocycles. The first kappa shape index (κ1) is 12.9. The predicted molar refractivity (Wildman–Crippen MR) is 72.8 cm³/mol. The molecule has 0 spiro atoms. The molecular formula is C14H8F2N4O. The van der Waals surface area contributed by atoms with E-state index in [0.717, 1.165) is 18.2 Å². The molecule has 0 amide bonds. The second-order valence-corrected chi connectivity index (χ2v) is 4.27. The van der Waals surface area contributed by atoms with Crippen LogP contribution in [0.25, 0.3) is 11.0 Å². The first-order valence-corrected chi connectivity index (χ1v) is 5.88.